The molecule has 1 atom stereocenters. The van der Waals surface area contributed by atoms with Gasteiger partial charge in [0.15, 0.2) is 11.6 Å². The second-order valence-corrected chi connectivity index (χ2v) is 4.28. The zero-order valence-corrected chi connectivity index (χ0v) is 9.78. The van der Waals surface area contributed by atoms with Crippen LogP contribution in [0.25, 0.3) is 0 Å². The number of nitrogens with one attached hydrogen (secondary N) is 2. The Bertz CT molecular complexity index is 658. The minimum atomic E-state index is -0.948. The van der Waals surface area contributed by atoms with Crippen molar-refractivity contribution in [3.05, 3.63) is 59.7 Å². The SMILES string of the molecule is O=C1Nc2ccccc2C1Nc1ccc(F)c(F)c1. The number of fused-ring (bicyclic) bond motifs is 1. The normalized spacial score (nSPS) is 16.9. The molecule has 1 unspecified atom stereocenters. The maximum absolute atomic E-state index is 13.1. The number of halogens is 2. The van der Waals surface area contributed by atoms with Crippen molar-refractivity contribution in [2.45, 2.75) is 6.04 Å². The number of amides is 1. The fourth-order valence-electron chi connectivity index (χ4n) is 2.10. The first-order valence-electron chi connectivity index (χ1n) is 5.76. The molecule has 3 nitrogen and oxygen atoms in total. The van der Waals surface area contributed by atoms with Crippen LogP contribution in [-0.2, 0) is 4.79 Å². The van der Waals surface area contributed by atoms with Crippen molar-refractivity contribution in [3.63, 3.8) is 0 Å². The molecule has 0 saturated carbocycles. The fraction of sp³-hybridized carbons (Fsp3) is 0.0714. The van der Waals surface area contributed by atoms with Gasteiger partial charge in [-0.3, -0.25) is 4.79 Å². The third kappa shape index (κ3) is 2.03. The lowest BCUT2D eigenvalue weighted by molar-refractivity contribution is -0.116. The van der Waals surface area contributed by atoms with Gasteiger partial charge in [0.1, 0.15) is 6.04 Å². The maximum atomic E-state index is 13.1. The lowest BCUT2D eigenvalue weighted by atomic mass is 10.1. The zero-order valence-electron chi connectivity index (χ0n) is 9.78. The summed E-state index contributed by atoms with van der Waals surface area (Å²) in [6, 6.07) is 10.1. The minimum Gasteiger partial charge on any atom is -0.370 e. The molecule has 0 fully saturated rings. The molecule has 19 heavy (non-hydrogen) atoms. The molecule has 1 heterocycles. The third-order valence-corrected chi connectivity index (χ3v) is 3.02. The Kier molecular flexibility index (Phi) is 2.67. The smallest absolute Gasteiger partial charge is 0.251 e. The summed E-state index contributed by atoms with van der Waals surface area (Å²) in [5, 5.41) is 5.62. The highest BCUT2D eigenvalue weighted by atomic mass is 19.2. The summed E-state index contributed by atoms with van der Waals surface area (Å²) in [6.07, 6.45) is 0. The van der Waals surface area contributed by atoms with Gasteiger partial charge < -0.3 is 10.6 Å². The Labute approximate surface area is 108 Å². The van der Waals surface area contributed by atoms with Gasteiger partial charge in [-0.25, -0.2) is 8.78 Å². The molecule has 0 aliphatic carbocycles. The van der Waals surface area contributed by atoms with Gasteiger partial charge in [0, 0.05) is 23.0 Å². The van der Waals surface area contributed by atoms with Crippen molar-refractivity contribution in [2.24, 2.45) is 0 Å². The standard InChI is InChI=1S/C14H10F2N2O/c15-10-6-5-8(7-11(10)16)17-13-9-3-1-2-4-12(9)18-14(13)19/h1-7,13,17H,(H,18,19). The van der Waals surface area contributed by atoms with E-state index in [1.165, 1.54) is 6.07 Å². The van der Waals surface area contributed by atoms with Crippen LogP contribution in [0.15, 0.2) is 42.5 Å². The second-order valence-electron chi connectivity index (χ2n) is 4.28. The molecule has 2 aromatic rings. The summed E-state index contributed by atoms with van der Waals surface area (Å²) in [4.78, 5) is 11.8. The minimum absolute atomic E-state index is 0.217. The molecule has 0 bridgehead atoms. The van der Waals surface area contributed by atoms with Gasteiger partial charge in [0.2, 0.25) is 0 Å². The third-order valence-electron chi connectivity index (χ3n) is 3.02. The summed E-state index contributed by atoms with van der Waals surface area (Å²) in [6.45, 7) is 0. The van der Waals surface area contributed by atoms with E-state index in [1.807, 2.05) is 18.2 Å². The first kappa shape index (κ1) is 11.6. The van der Waals surface area contributed by atoms with Crippen LogP contribution in [0.4, 0.5) is 20.2 Å². The first-order chi connectivity index (χ1) is 9.15. The number of hydrogen-bond donors (Lipinski definition) is 2. The monoisotopic (exact) mass is 260 g/mol. The predicted molar refractivity (Wildman–Crippen MR) is 67.8 cm³/mol. The van der Waals surface area contributed by atoms with Crippen LogP contribution in [0.5, 0.6) is 0 Å². The highest BCUT2D eigenvalue weighted by molar-refractivity contribution is 6.04. The first-order valence-corrected chi connectivity index (χ1v) is 5.76. The Hall–Kier alpha value is -2.43. The van der Waals surface area contributed by atoms with Crippen LogP contribution in [0.3, 0.4) is 0 Å². The molecule has 0 radical (unpaired) electrons. The Morgan fingerprint density at radius 2 is 1.84 bits per heavy atom. The van der Waals surface area contributed by atoms with Gasteiger partial charge in [-0.1, -0.05) is 18.2 Å². The van der Waals surface area contributed by atoms with E-state index in [2.05, 4.69) is 10.6 Å². The van der Waals surface area contributed by atoms with Crippen molar-refractivity contribution >= 4 is 17.3 Å². The molecule has 0 saturated heterocycles. The average Bonchev–Trinajstić information content (AvgIpc) is 2.71. The summed E-state index contributed by atoms with van der Waals surface area (Å²) in [5.41, 5.74) is 1.88. The van der Waals surface area contributed by atoms with Crippen molar-refractivity contribution in [2.75, 3.05) is 10.6 Å². The summed E-state index contributed by atoms with van der Waals surface area (Å²) in [5.74, 6) is -2.08. The van der Waals surface area contributed by atoms with Crippen LogP contribution < -0.4 is 10.6 Å². The molecule has 1 amide bonds. The Morgan fingerprint density at radius 1 is 1.05 bits per heavy atom. The summed E-state index contributed by atoms with van der Waals surface area (Å²) < 4.78 is 26.0. The highest BCUT2D eigenvalue weighted by Gasteiger charge is 2.29. The van der Waals surface area contributed by atoms with Crippen LogP contribution in [0, 0.1) is 11.6 Å². The van der Waals surface area contributed by atoms with Crippen LogP contribution in [0.2, 0.25) is 0 Å². The lowest BCUT2D eigenvalue weighted by Gasteiger charge is -2.13. The number of carbonyl (C=O) groups excluding carboxylic acids is 1. The molecular weight excluding hydrogens is 250 g/mol. The van der Waals surface area contributed by atoms with Gasteiger partial charge >= 0.3 is 0 Å². The van der Waals surface area contributed by atoms with E-state index in [0.29, 0.717) is 5.69 Å². The van der Waals surface area contributed by atoms with Gasteiger partial charge in [-0.05, 0) is 18.2 Å². The molecule has 1 aliphatic rings. The van der Waals surface area contributed by atoms with Gasteiger partial charge in [-0.2, -0.15) is 0 Å². The zero-order chi connectivity index (χ0) is 13.4. The molecule has 5 heteroatoms. The second kappa shape index (κ2) is 4.35. The number of benzene rings is 2. The van der Waals surface area contributed by atoms with E-state index in [0.717, 1.165) is 23.4 Å². The molecule has 96 valence electrons. The lowest BCUT2D eigenvalue weighted by Crippen LogP contribution is -2.19. The van der Waals surface area contributed by atoms with Crippen LogP contribution >= 0.6 is 0 Å². The molecular formula is C14H10F2N2O. The van der Waals surface area contributed by atoms with E-state index in [1.54, 1.807) is 6.07 Å². The largest absolute Gasteiger partial charge is 0.370 e. The van der Waals surface area contributed by atoms with Crippen molar-refractivity contribution in [3.8, 4) is 0 Å². The molecule has 2 aromatic carbocycles. The van der Waals surface area contributed by atoms with E-state index in [4.69, 9.17) is 0 Å². The number of carbonyl (C=O) groups is 1. The molecule has 3 rings (SSSR count). The fourth-order valence-corrected chi connectivity index (χ4v) is 2.10. The van der Waals surface area contributed by atoms with E-state index in [-0.39, 0.29) is 5.91 Å². The number of para-hydroxylation sites is 1. The van der Waals surface area contributed by atoms with Crippen LogP contribution in [-0.4, -0.2) is 5.91 Å². The maximum Gasteiger partial charge on any atom is 0.251 e. The number of anilines is 2. The van der Waals surface area contributed by atoms with Crippen LogP contribution in [0.1, 0.15) is 11.6 Å². The van der Waals surface area contributed by atoms with Crippen molar-refractivity contribution < 1.29 is 13.6 Å². The summed E-state index contributed by atoms with van der Waals surface area (Å²) >= 11 is 0. The highest BCUT2D eigenvalue weighted by Crippen LogP contribution is 2.33. The number of rotatable bonds is 2. The van der Waals surface area contributed by atoms with Gasteiger partial charge in [0.05, 0.1) is 0 Å². The molecule has 0 spiro atoms. The number of hydrogen-bond acceptors (Lipinski definition) is 2. The van der Waals surface area contributed by atoms with Gasteiger partial charge in [-0.15, -0.1) is 0 Å². The molecule has 1 aliphatic heterocycles. The van der Waals surface area contributed by atoms with Crippen molar-refractivity contribution in [1.29, 1.82) is 0 Å². The topological polar surface area (TPSA) is 41.1 Å². The van der Waals surface area contributed by atoms with Gasteiger partial charge in [0.25, 0.3) is 5.91 Å². The van der Waals surface area contributed by atoms with E-state index < -0.39 is 17.7 Å². The Morgan fingerprint density at radius 3 is 2.63 bits per heavy atom. The Balaban J connectivity index is 1.91. The molecule has 0 aromatic heterocycles. The van der Waals surface area contributed by atoms with E-state index in [9.17, 15) is 13.6 Å². The van der Waals surface area contributed by atoms with E-state index >= 15 is 0 Å². The average molecular weight is 260 g/mol. The summed E-state index contributed by atoms with van der Waals surface area (Å²) in [7, 11) is 0. The van der Waals surface area contributed by atoms with Crippen molar-refractivity contribution in [1.82, 2.24) is 0 Å². The quantitative estimate of drug-likeness (QED) is 0.871. The molecule has 2 N–H and O–H groups in total. The predicted octanol–water partition coefficient (Wildman–Crippen LogP) is 3.07.